The molecule has 0 radical (unpaired) electrons. The van der Waals surface area contributed by atoms with Crippen molar-refractivity contribution < 1.29 is 24.5 Å². The quantitative estimate of drug-likeness (QED) is 0.855. The van der Waals surface area contributed by atoms with Crippen molar-refractivity contribution in [3.63, 3.8) is 0 Å². The number of hydrogen-bond donors (Lipinski definition) is 2. The Morgan fingerprint density at radius 3 is 2.78 bits per heavy atom. The molecule has 0 saturated carbocycles. The Morgan fingerprint density at radius 2 is 2.22 bits per heavy atom. The van der Waals surface area contributed by atoms with Crippen LogP contribution in [0.2, 0.25) is 0 Å². The Balaban J connectivity index is 2.20. The second-order valence-electron chi connectivity index (χ2n) is 4.73. The molecule has 0 amide bonds. The van der Waals surface area contributed by atoms with Gasteiger partial charge >= 0.3 is 5.97 Å². The zero-order valence-electron chi connectivity index (χ0n) is 10.3. The van der Waals surface area contributed by atoms with Gasteiger partial charge in [0.05, 0.1) is 6.61 Å². The third-order valence-electron chi connectivity index (χ3n) is 2.84. The van der Waals surface area contributed by atoms with Crippen LogP contribution < -0.4 is 0 Å². The summed E-state index contributed by atoms with van der Waals surface area (Å²) in [5.74, 6) is -1.90. The maximum Gasteiger partial charge on any atom is 0.337 e. The maximum absolute atomic E-state index is 10.7. The van der Waals surface area contributed by atoms with Crippen LogP contribution in [0.25, 0.3) is 0 Å². The third kappa shape index (κ3) is 2.69. The summed E-state index contributed by atoms with van der Waals surface area (Å²) in [5.41, 5.74) is 1.15. The SMILES string of the molecule is CC1(C)OCC(c2cccc(C(O)C(=O)O)c2)O1. The molecule has 98 valence electrons. The summed E-state index contributed by atoms with van der Waals surface area (Å²) >= 11 is 0. The summed E-state index contributed by atoms with van der Waals surface area (Å²) in [5, 5.41) is 18.3. The van der Waals surface area contributed by atoms with Crippen LogP contribution in [-0.2, 0) is 14.3 Å². The molecule has 5 heteroatoms. The first-order valence-electron chi connectivity index (χ1n) is 5.71. The molecule has 2 rings (SSSR count). The standard InChI is InChI=1S/C13H16O5/c1-13(2)17-7-10(18-13)8-4-3-5-9(6-8)11(14)12(15)16/h3-6,10-11,14H,7H2,1-2H3,(H,15,16). The molecule has 1 aliphatic rings. The van der Waals surface area contributed by atoms with Crippen molar-refractivity contribution >= 4 is 5.97 Å². The number of hydrogen-bond acceptors (Lipinski definition) is 4. The van der Waals surface area contributed by atoms with Gasteiger partial charge in [0.2, 0.25) is 0 Å². The van der Waals surface area contributed by atoms with Gasteiger partial charge in [0.15, 0.2) is 11.9 Å². The normalized spacial score (nSPS) is 23.8. The molecule has 1 aliphatic heterocycles. The highest BCUT2D eigenvalue weighted by Crippen LogP contribution is 2.33. The Bertz CT molecular complexity index is 454. The van der Waals surface area contributed by atoms with Gasteiger partial charge in [-0.25, -0.2) is 4.79 Å². The number of aliphatic hydroxyl groups is 1. The third-order valence-corrected chi connectivity index (χ3v) is 2.84. The van der Waals surface area contributed by atoms with Crippen molar-refractivity contribution in [1.29, 1.82) is 0 Å². The van der Waals surface area contributed by atoms with E-state index >= 15 is 0 Å². The van der Waals surface area contributed by atoms with Crippen LogP contribution in [0.1, 0.15) is 37.2 Å². The molecule has 0 bridgehead atoms. The van der Waals surface area contributed by atoms with Crippen LogP contribution in [0.3, 0.4) is 0 Å². The van der Waals surface area contributed by atoms with Crippen LogP contribution in [0.4, 0.5) is 0 Å². The summed E-state index contributed by atoms with van der Waals surface area (Å²) in [6, 6.07) is 6.73. The van der Waals surface area contributed by atoms with Gasteiger partial charge in [0.1, 0.15) is 6.10 Å². The average molecular weight is 252 g/mol. The lowest BCUT2D eigenvalue weighted by Gasteiger charge is -2.17. The molecule has 0 aliphatic carbocycles. The molecule has 5 nitrogen and oxygen atoms in total. The number of aliphatic hydroxyl groups excluding tert-OH is 1. The predicted octanol–water partition coefficient (Wildman–Crippen LogP) is 1.63. The lowest BCUT2D eigenvalue weighted by Crippen LogP contribution is -2.19. The highest BCUT2D eigenvalue weighted by molar-refractivity contribution is 5.74. The molecular formula is C13H16O5. The Kier molecular flexibility index (Phi) is 3.38. The van der Waals surface area contributed by atoms with Crippen molar-refractivity contribution in [3.8, 4) is 0 Å². The Hall–Kier alpha value is -1.43. The van der Waals surface area contributed by atoms with E-state index in [1.807, 2.05) is 19.9 Å². The van der Waals surface area contributed by atoms with Gasteiger partial charge in [-0.2, -0.15) is 0 Å². The van der Waals surface area contributed by atoms with Gasteiger partial charge in [0, 0.05) is 0 Å². The molecule has 1 aromatic rings. The first-order valence-corrected chi connectivity index (χ1v) is 5.71. The topological polar surface area (TPSA) is 76.0 Å². The predicted molar refractivity (Wildman–Crippen MR) is 62.9 cm³/mol. The zero-order chi connectivity index (χ0) is 13.3. The van der Waals surface area contributed by atoms with Gasteiger partial charge in [-0.1, -0.05) is 18.2 Å². The highest BCUT2D eigenvalue weighted by atomic mass is 16.7. The minimum Gasteiger partial charge on any atom is -0.479 e. The van der Waals surface area contributed by atoms with Gasteiger partial charge < -0.3 is 19.7 Å². The zero-order valence-corrected chi connectivity index (χ0v) is 10.3. The fraction of sp³-hybridized carbons (Fsp3) is 0.462. The smallest absolute Gasteiger partial charge is 0.337 e. The average Bonchev–Trinajstić information content (AvgIpc) is 2.69. The first kappa shape index (κ1) is 13.0. The van der Waals surface area contributed by atoms with Crippen molar-refractivity contribution in [2.75, 3.05) is 6.61 Å². The molecule has 2 N–H and O–H groups in total. The summed E-state index contributed by atoms with van der Waals surface area (Å²) in [7, 11) is 0. The monoisotopic (exact) mass is 252 g/mol. The van der Waals surface area contributed by atoms with Crippen LogP contribution >= 0.6 is 0 Å². The van der Waals surface area contributed by atoms with E-state index in [1.165, 1.54) is 0 Å². The molecule has 1 heterocycles. The molecule has 1 fully saturated rings. The van der Waals surface area contributed by atoms with E-state index in [9.17, 15) is 9.90 Å². The van der Waals surface area contributed by atoms with E-state index in [0.29, 0.717) is 12.2 Å². The summed E-state index contributed by atoms with van der Waals surface area (Å²) in [4.78, 5) is 10.7. The number of carboxylic acid groups (broad SMARTS) is 1. The summed E-state index contributed by atoms with van der Waals surface area (Å²) in [6.45, 7) is 4.06. The molecule has 18 heavy (non-hydrogen) atoms. The Labute approximate surface area is 105 Å². The van der Waals surface area contributed by atoms with Crippen LogP contribution in [-0.4, -0.2) is 28.6 Å². The summed E-state index contributed by atoms with van der Waals surface area (Å²) < 4.78 is 11.1. The van der Waals surface area contributed by atoms with E-state index in [0.717, 1.165) is 5.56 Å². The molecule has 1 saturated heterocycles. The largest absolute Gasteiger partial charge is 0.479 e. The molecule has 2 atom stereocenters. The number of carbonyl (C=O) groups is 1. The maximum atomic E-state index is 10.7. The van der Waals surface area contributed by atoms with Crippen LogP contribution in [0.15, 0.2) is 24.3 Å². The van der Waals surface area contributed by atoms with Crippen LogP contribution in [0, 0.1) is 0 Å². The molecule has 1 aromatic carbocycles. The molecule has 0 aromatic heterocycles. The van der Waals surface area contributed by atoms with E-state index < -0.39 is 17.9 Å². The number of ether oxygens (including phenoxy) is 2. The van der Waals surface area contributed by atoms with E-state index in [2.05, 4.69) is 0 Å². The molecule has 0 spiro atoms. The van der Waals surface area contributed by atoms with Crippen molar-refractivity contribution in [2.45, 2.75) is 31.8 Å². The number of carboxylic acids is 1. The molecular weight excluding hydrogens is 236 g/mol. The Morgan fingerprint density at radius 1 is 1.50 bits per heavy atom. The van der Waals surface area contributed by atoms with Crippen molar-refractivity contribution in [2.24, 2.45) is 0 Å². The van der Waals surface area contributed by atoms with Crippen LogP contribution in [0.5, 0.6) is 0 Å². The fourth-order valence-electron chi connectivity index (χ4n) is 1.92. The van der Waals surface area contributed by atoms with Crippen molar-refractivity contribution in [3.05, 3.63) is 35.4 Å². The lowest BCUT2D eigenvalue weighted by molar-refractivity contribution is -0.147. The minimum absolute atomic E-state index is 0.235. The summed E-state index contributed by atoms with van der Waals surface area (Å²) in [6.07, 6.45) is -1.75. The van der Waals surface area contributed by atoms with Crippen molar-refractivity contribution in [1.82, 2.24) is 0 Å². The van der Waals surface area contributed by atoms with Gasteiger partial charge in [0.25, 0.3) is 0 Å². The fourth-order valence-corrected chi connectivity index (χ4v) is 1.92. The number of benzene rings is 1. The highest BCUT2D eigenvalue weighted by Gasteiger charge is 2.33. The van der Waals surface area contributed by atoms with E-state index in [-0.39, 0.29) is 6.10 Å². The van der Waals surface area contributed by atoms with Gasteiger partial charge in [-0.15, -0.1) is 0 Å². The second kappa shape index (κ2) is 4.68. The van der Waals surface area contributed by atoms with Gasteiger partial charge in [-0.3, -0.25) is 0 Å². The number of aliphatic carboxylic acids is 1. The number of rotatable bonds is 3. The van der Waals surface area contributed by atoms with E-state index in [1.54, 1.807) is 18.2 Å². The molecule has 2 unspecified atom stereocenters. The van der Waals surface area contributed by atoms with E-state index in [4.69, 9.17) is 14.6 Å². The second-order valence-corrected chi connectivity index (χ2v) is 4.73. The minimum atomic E-state index is -1.51. The lowest BCUT2D eigenvalue weighted by atomic mass is 10.0. The first-order chi connectivity index (χ1) is 8.39. The van der Waals surface area contributed by atoms with Gasteiger partial charge in [-0.05, 0) is 31.0 Å².